The van der Waals surface area contributed by atoms with E-state index < -0.39 is 0 Å². The summed E-state index contributed by atoms with van der Waals surface area (Å²) in [4.78, 5) is 22.2. The lowest BCUT2D eigenvalue weighted by Crippen LogP contribution is -2.42. The summed E-state index contributed by atoms with van der Waals surface area (Å²) in [6.07, 6.45) is 7.95. The highest BCUT2D eigenvalue weighted by Gasteiger charge is 2.28. The van der Waals surface area contributed by atoms with Crippen molar-refractivity contribution in [3.63, 3.8) is 0 Å². The van der Waals surface area contributed by atoms with Crippen LogP contribution in [0.1, 0.15) is 59.8 Å². The molecule has 2 aromatic heterocycles. The lowest BCUT2D eigenvalue weighted by atomic mass is 9.89. The average Bonchev–Trinajstić information content (AvgIpc) is 3.32. The highest BCUT2D eigenvalue weighted by atomic mass is 35.5. The van der Waals surface area contributed by atoms with Crippen molar-refractivity contribution in [3.8, 4) is 0 Å². The van der Waals surface area contributed by atoms with Crippen molar-refractivity contribution in [1.29, 1.82) is 0 Å². The maximum absolute atomic E-state index is 14.7. The van der Waals surface area contributed by atoms with E-state index >= 15 is 0 Å². The lowest BCUT2D eigenvalue weighted by molar-refractivity contribution is 0.0950. The number of nitrogens with one attached hydrogen (secondary N) is 1. The Labute approximate surface area is 212 Å². The van der Waals surface area contributed by atoms with Gasteiger partial charge in [-0.1, -0.05) is 11.6 Å². The highest BCUT2D eigenvalue weighted by molar-refractivity contribution is 6.31. The number of amides is 1. The molecule has 2 heterocycles. The number of imidazole rings is 1. The fourth-order valence-electron chi connectivity index (χ4n) is 5.40. The summed E-state index contributed by atoms with van der Waals surface area (Å²) in [5, 5.41) is 3.41. The topological polar surface area (TPSA) is 52.9 Å². The van der Waals surface area contributed by atoms with Gasteiger partial charge in [-0.25, -0.2) is 9.37 Å². The number of hydrogen-bond donors (Lipinski definition) is 1. The van der Waals surface area contributed by atoms with Gasteiger partial charge in [0.05, 0.1) is 5.56 Å². The third-order valence-electron chi connectivity index (χ3n) is 7.42. The first-order valence-corrected chi connectivity index (χ1v) is 12.7. The van der Waals surface area contributed by atoms with E-state index in [0.29, 0.717) is 33.9 Å². The molecule has 1 aromatic carbocycles. The maximum atomic E-state index is 14.7. The first-order chi connectivity index (χ1) is 16.7. The Hall–Kier alpha value is -2.64. The molecule has 1 aliphatic rings. The van der Waals surface area contributed by atoms with Gasteiger partial charge in [-0.15, -0.1) is 0 Å². The van der Waals surface area contributed by atoms with Gasteiger partial charge in [0.1, 0.15) is 11.5 Å². The molecule has 0 radical (unpaired) electrons. The third kappa shape index (κ3) is 5.16. The molecule has 1 saturated carbocycles. The fourth-order valence-corrected chi connectivity index (χ4v) is 5.61. The zero-order valence-electron chi connectivity index (χ0n) is 21.2. The van der Waals surface area contributed by atoms with Gasteiger partial charge in [0.2, 0.25) is 0 Å². The van der Waals surface area contributed by atoms with Crippen LogP contribution in [0.3, 0.4) is 0 Å². The summed E-state index contributed by atoms with van der Waals surface area (Å²) in [5.74, 6) is -0.654. The van der Waals surface area contributed by atoms with Gasteiger partial charge in [0.15, 0.2) is 0 Å². The van der Waals surface area contributed by atoms with E-state index in [9.17, 15) is 9.18 Å². The minimum atomic E-state index is -0.379. The monoisotopic (exact) mass is 499 g/mol. The average molecular weight is 500 g/mol. The number of benzene rings is 1. The molecule has 0 saturated heterocycles. The second-order valence-electron chi connectivity index (χ2n) is 9.73. The Morgan fingerprint density at radius 3 is 2.51 bits per heavy atom. The number of carbonyl (C=O) groups excluding carboxylic acids is 1. The zero-order valence-corrected chi connectivity index (χ0v) is 22.0. The molecule has 1 N–H and O–H groups in total. The second kappa shape index (κ2) is 10.5. The molecular weight excluding hydrogens is 465 g/mol. The Kier molecular flexibility index (Phi) is 7.67. The number of nitrogens with zero attached hydrogens (tertiary/aromatic N) is 4. The number of anilines is 1. The molecule has 4 rings (SSSR count). The van der Waals surface area contributed by atoms with Crippen molar-refractivity contribution in [1.82, 2.24) is 19.6 Å². The molecule has 188 valence electrons. The van der Waals surface area contributed by atoms with E-state index in [4.69, 9.17) is 11.6 Å². The molecule has 1 fully saturated rings. The Morgan fingerprint density at radius 2 is 1.86 bits per heavy atom. The Balaban J connectivity index is 1.56. The zero-order chi connectivity index (χ0) is 25.3. The first kappa shape index (κ1) is 25.5. The summed E-state index contributed by atoms with van der Waals surface area (Å²) >= 11 is 6.51. The van der Waals surface area contributed by atoms with Crippen LogP contribution in [0.5, 0.6) is 0 Å². The van der Waals surface area contributed by atoms with Crippen molar-refractivity contribution < 1.29 is 9.18 Å². The molecule has 8 heteroatoms. The van der Waals surface area contributed by atoms with Gasteiger partial charge in [-0.2, -0.15) is 0 Å². The van der Waals surface area contributed by atoms with Crippen LogP contribution in [0.15, 0.2) is 30.6 Å². The quantitative estimate of drug-likeness (QED) is 0.474. The van der Waals surface area contributed by atoms with E-state index in [1.54, 1.807) is 18.5 Å². The highest BCUT2D eigenvalue weighted by Crippen LogP contribution is 2.34. The van der Waals surface area contributed by atoms with Crippen LogP contribution in [-0.2, 0) is 6.54 Å². The van der Waals surface area contributed by atoms with E-state index in [1.165, 1.54) is 6.07 Å². The molecule has 0 bridgehead atoms. The van der Waals surface area contributed by atoms with Gasteiger partial charge < -0.3 is 19.5 Å². The van der Waals surface area contributed by atoms with Crippen LogP contribution in [-0.4, -0.2) is 52.9 Å². The standard InChI is InChI=1S/C27H35ClFN5O/c1-6-33(21-9-7-20(8-10-21)32(4)5)25-15-19(28)14-22(18(25)3)27(35)31-16-23-24(29)13-17(2)34-12-11-30-26(23)34/h11-15,20-21H,6-10,16H2,1-5H3,(H,31,35). The lowest BCUT2D eigenvalue weighted by Gasteiger charge is -2.40. The molecule has 3 aromatic rings. The predicted molar refractivity (Wildman–Crippen MR) is 140 cm³/mol. The van der Waals surface area contributed by atoms with Gasteiger partial charge in [0.25, 0.3) is 5.91 Å². The van der Waals surface area contributed by atoms with Crippen molar-refractivity contribution in [2.75, 3.05) is 25.5 Å². The second-order valence-corrected chi connectivity index (χ2v) is 10.2. The molecule has 35 heavy (non-hydrogen) atoms. The maximum Gasteiger partial charge on any atom is 0.251 e. The molecule has 1 amide bonds. The minimum absolute atomic E-state index is 0.0405. The molecule has 0 atom stereocenters. The molecule has 0 aliphatic heterocycles. The molecule has 0 spiro atoms. The number of pyridine rings is 1. The van der Waals surface area contributed by atoms with Crippen LogP contribution >= 0.6 is 11.6 Å². The summed E-state index contributed by atoms with van der Waals surface area (Å²) in [7, 11) is 4.29. The van der Waals surface area contributed by atoms with Crippen LogP contribution in [0.4, 0.5) is 10.1 Å². The van der Waals surface area contributed by atoms with Crippen molar-refractivity contribution in [2.45, 2.75) is 65.1 Å². The SMILES string of the molecule is CCN(c1cc(Cl)cc(C(=O)NCc2c(F)cc(C)n3ccnc23)c1C)C1CCC(N(C)C)CC1. The predicted octanol–water partition coefficient (Wildman–Crippen LogP) is 5.37. The largest absolute Gasteiger partial charge is 0.369 e. The van der Waals surface area contributed by atoms with Gasteiger partial charge in [0, 0.05) is 59.5 Å². The van der Waals surface area contributed by atoms with Crippen LogP contribution in [0.2, 0.25) is 5.02 Å². The Morgan fingerprint density at radius 1 is 1.17 bits per heavy atom. The van der Waals surface area contributed by atoms with Gasteiger partial charge >= 0.3 is 0 Å². The number of aromatic nitrogens is 2. The van der Waals surface area contributed by atoms with E-state index in [1.807, 2.05) is 24.3 Å². The number of fused-ring (bicyclic) bond motifs is 1. The molecular formula is C27H35ClFN5O. The van der Waals surface area contributed by atoms with Crippen LogP contribution in [0, 0.1) is 19.7 Å². The fraction of sp³-hybridized carbons (Fsp3) is 0.481. The number of hydrogen-bond acceptors (Lipinski definition) is 4. The van der Waals surface area contributed by atoms with Crippen molar-refractivity contribution >= 4 is 28.8 Å². The number of halogens is 2. The Bertz CT molecular complexity index is 1220. The summed E-state index contributed by atoms with van der Waals surface area (Å²) in [5.41, 5.74) is 4.02. The van der Waals surface area contributed by atoms with Gasteiger partial charge in [-0.05, 0) is 84.3 Å². The number of rotatable bonds is 7. The summed E-state index contributed by atoms with van der Waals surface area (Å²) in [6.45, 7) is 6.82. The van der Waals surface area contributed by atoms with E-state index in [-0.39, 0.29) is 18.3 Å². The molecule has 1 aliphatic carbocycles. The number of aryl methyl sites for hydroxylation is 1. The normalized spacial score (nSPS) is 18.3. The molecule has 0 unspecified atom stereocenters. The number of carbonyl (C=O) groups is 1. The van der Waals surface area contributed by atoms with Crippen molar-refractivity contribution in [3.05, 3.63) is 63.8 Å². The third-order valence-corrected chi connectivity index (χ3v) is 7.64. The van der Waals surface area contributed by atoms with Crippen LogP contribution < -0.4 is 10.2 Å². The van der Waals surface area contributed by atoms with Gasteiger partial charge in [-0.3, -0.25) is 4.79 Å². The van der Waals surface area contributed by atoms with Crippen molar-refractivity contribution in [2.24, 2.45) is 0 Å². The minimum Gasteiger partial charge on any atom is -0.369 e. The van der Waals surface area contributed by atoms with E-state index in [2.05, 4.69) is 41.1 Å². The summed E-state index contributed by atoms with van der Waals surface area (Å²) in [6, 6.07) is 6.16. The summed E-state index contributed by atoms with van der Waals surface area (Å²) < 4.78 is 16.5. The van der Waals surface area contributed by atoms with E-state index in [0.717, 1.165) is 49.2 Å². The smallest absolute Gasteiger partial charge is 0.251 e. The first-order valence-electron chi connectivity index (χ1n) is 12.3. The van der Waals surface area contributed by atoms with Crippen LogP contribution in [0.25, 0.3) is 5.65 Å². The molecule has 6 nitrogen and oxygen atoms in total.